The maximum atomic E-state index is 12.9. The van der Waals surface area contributed by atoms with Gasteiger partial charge in [0.1, 0.15) is 16.7 Å². The molecule has 12 heteroatoms. The van der Waals surface area contributed by atoms with Crippen LogP contribution in [0, 0.1) is 11.8 Å². The molecule has 2 amide bonds. The molecule has 49 heavy (non-hydrogen) atoms. The van der Waals surface area contributed by atoms with E-state index in [0.717, 1.165) is 44.3 Å². The first kappa shape index (κ1) is 38.8. The minimum atomic E-state index is -1.67. The summed E-state index contributed by atoms with van der Waals surface area (Å²) >= 11 is 6.43. The molecule has 0 bridgehead atoms. The zero-order valence-corrected chi connectivity index (χ0v) is 30.9. The minimum absolute atomic E-state index is 0.0459. The number of fused-ring (bicyclic) bond motifs is 1. The summed E-state index contributed by atoms with van der Waals surface area (Å²) < 4.78 is 32.0. The highest BCUT2D eigenvalue weighted by molar-refractivity contribution is 7.83. The maximum Gasteiger partial charge on any atom is 0.265 e. The molecule has 2 aromatic carbocycles. The fourth-order valence-electron chi connectivity index (χ4n) is 6.62. The van der Waals surface area contributed by atoms with E-state index in [-0.39, 0.29) is 30.3 Å². The molecule has 1 aliphatic carbocycles. The summed E-state index contributed by atoms with van der Waals surface area (Å²) in [5, 5.41) is 11.7. The van der Waals surface area contributed by atoms with E-state index in [4.69, 9.17) is 25.8 Å². The number of aliphatic hydroxyl groups is 1. The third-order valence-corrected chi connectivity index (χ3v) is 10.8. The summed E-state index contributed by atoms with van der Waals surface area (Å²) in [4.78, 5) is 28.5. The van der Waals surface area contributed by atoms with Gasteiger partial charge in [-0.2, -0.15) is 0 Å². The Hall–Kier alpha value is -2.96. The normalized spacial score (nSPS) is 20.8. The average molecular weight is 718 g/mol. The van der Waals surface area contributed by atoms with Crippen LogP contribution in [0.2, 0.25) is 5.02 Å². The number of anilines is 1. The van der Waals surface area contributed by atoms with Gasteiger partial charge in [0.15, 0.2) is 6.10 Å². The van der Waals surface area contributed by atoms with Crippen molar-refractivity contribution in [3.8, 4) is 5.75 Å². The van der Waals surface area contributed by atoms with Crippen LogP contribution in [0.5, 0.6) is 5.75 Å². The van der Waals surface area contributed by atoms with Crippen LogP contribution < -0.4 is 14.4 Å². The summed E-state index contributed by atoms with van der Waals surface area (Å²) in [6, 6.07) is 11.4. The first-order valence-electron chi connectivity index (χ1n) is 17.1. The van der Waals surface area contributed by atoms with Crippen LogP contribution in [0.15, 0.2) is 48.6 Å². The van der Waals surface area contributed by atoms with Crippen molar-refractivity contribution in [2.24, 2.45) is 11.8 Å². The van der Waals surface area contributed by atoms with Crippen LogP contribution in [0.1, 0.15) is 68.2 Å². The van der Waals surface area contributed by atoms with Crippen molar-refractivity contribution in [3.05, 3.63) is 70.3 Å². The lowest BCUT2D eigenvalue weighted by Gasteiger charge is -2.43. The number of hydrogen-bond donors (Lipinski definition) is 2. The van der Waals surface area contributed by atoms with E-state index in [0.29, 0.717) is 47.9 Å². The van der Waals surface area contributed by atoms with Crippen molar-refractivity contribution < 1.29 is 33.1 Å². The van der Waals surface area contributed by atoms with Crippen molar-refractivity contribution >= 4 is 40.1 Å². The summed E-state index contributed by atoms with van der Waals surface area (Å²) in [6.07, 6.45) is 7.41. The molecule has 1 heterocycles. The molecule has 10 nitrogen and oxygen atoms in total. The van der Waals surface area contributed by atoms with Crippen molar-refractivity contribution in [2.75, 3.05) is 64.8 Å². The van der Waals surface area contributed by atoms with Gasteiger partial charge in [0.2, 0.25) is 5.91 Å². The van der Waals surface area contributed by atoms with Crippen LogP contribution >= 0.6 is 11.6 Å². The van der Waals surface area contributed by atoms with Crippen molar-refractivity contribution in [1.82, 2.24) is 9.62 Å². The quantitative estimate of drug-likeness (QED) is 0.215. The summed E-state index contributed by atoms with van der Waals surface area (Å²) in [6.45, 7) is 6.48. The maximum absolute atomic E-state index is 12.9. The van der Waals surface area contributed by atoms with E-state index in [9.17, 15) is 18.9 Å². The Labute approximate surface area is 298 Å². The Morgan fingerprint density at radius 3 is 2.69 bits per heavy atom. The lowest BCUT2D eigenvalue weighted by molar-refractivity contribution is -0.128. The number of carbonyl (C=O) groups is 2. The molecule has 0 aromatic heterocycles. The van der Waals surface area contributed by atoms with Crippen LogP contribution in [-0.2, 0) is 36.5 Å². The molecule has 270 valence electrons. The largest absolute Gasteiger partial charge is 0.491 e. The zero-order valence-electron chi connectivity index (χ0n) is 29.4. The van der Waals surface area contributed by atoms with Gasteiger partial charge in [-0.1, -0.05) is 49.2 Å². The average Bonchev–Trinajstić information content (AvgIpc) is 3.25. The third kappa shape index (κ3) is 10.5. The number of nitrogens with one attached hydrogen (secondary N) is 1. The van der Waals surface area contributed by atoms with Crippen molar-refractivity contribution in [2.45, 2.75) is 64.1 Å². The number of benzene rings is 2. The Balaban J connectivity index is 1.60. The number of nitrogens with zero attached hydrogens (tertiary/aromatic N) is 2. The monoisotopic (exact) mass is 717 g/mol. The number of halogens is 1. The van der Waals surface area contributed by atoms with Gasteiger partial charge in [-0.25, -0.2) is 4.21 Å². The number of ether oxygens (including phenoxy) is 3. The number of amides is 2. The van der Waals surface area contributed by atoms with E-state index < -0.39 is 23.0 Å². The van der Waals surface area contributed by atoms with Crippen molar-refractivity contribution in [3.63, 3.8) is 0 Å². The van der Waals surface area contributed by atoms with Crippen LogP contribution in [-0.4, -0.2) is 92.0 Å². The van der Waals surface area contributed by atoms with Gasteiger partial charge in [-0.3, -0.25) is 14.3 Å². The molecule has 1 saturated carbocycles. The Bertz CT molecular complexity index is 1470. The number of aryl methyl sites for hydroxylation is 1. The Morgan fingerprint density at radius 2 is 2.02 bits per heavy atom. The molecule has 2 N–H and O–H groups in total. The molecule has 6 unspecified atom stereocenters. The van der Waals surface area contributed by atoms with Gasteiger partial charge in [-0.05, 0) is 78.5 Å². The highest BCUT2D eigenvalue weighted by Gasteiger charge is 2.39. The molecule has 4 rings (SSSR count). The van der Waals surface area contributed by atoms with Gasteiger partial charge in [-0.15, -0.1) is 0 Å². The summed E-state index contributed by atoms with van der Waals surface area (Å²) in [7, 11) is 3.37. The molecule has 0 radical (unpaired) electrons. The highest BCUT2D eigenvalue weighted by Crippen LogP contribution is 2.43. The first-order chi connectivity index (χ1) is 23.6. The van der Waals surface area contributed by atoms with Gasteiger partial charge >= 0.3 is 0 Å². The summed E-state index contributed by atoms with van der Waals surface area (Å²) in [5.41, 5.74) is 3.62. The van der Waals surface area contributed by atoms with Gasteiger partial charge in [0, 0.05) is 58.8 Å². The Kier molecular flexibility index (Phi) is 15.0. The smallest absolute Gasteiger partial charge is 0.265 e. The molecule has 2 aromatic rings. The Morgan fingerprint density at radius 1 is 1.22 bits per heavy atom. The lowest BCUT2D eigenvalue weighted by atomic mass is 9.70. The predicted octanol–water partition coefficient (Wildman–Crippen LogP) is 5.20. The van der Waals surface area contributed by atoms with Gasteiger partial charge < -0.3 is 29.1 Å². The number of methoxy groups -OCH3 is 2. The molecule has 6 atom stereocenters. The summed E-state index contributed by atoms with van der Waals surface area (Å²) in [5.74, 6) is 0.824. The molecule has 0 spiro atoms. The molecule has 1 fully saturated rings. The van der Waals surface area contributed by atoms with E-state index >= 15 is 0 Å². The predicted molar refractivity (Wildman–Crippen MR) is 194 cm³/mol. The molecular weight excluding hydrogens is 666 g/mol. The molecule has 2 aliphatic rings. The van der Waals surface area contributed by atoms with Gasteiger partial charge in [0.25, 0.3) is 5.91 Å². The third-order valence-electron chi connectivity index (χ3n) is 9.64. The van der Waals surface area contributed by atoms with Crippen LogP contribution in [0.25, 0.3) is 0 Å². The number of rotatable bonds is 17. The second kappa shape index (κ2) is 18.9. The second-order valence-electron chi connectivity index (χ2n) is 13.0. The number of aliphatic hydroxyl groups excluding tert-OH is 1. The SMILES string of the molecule is CCCc1cc(Cl)ccc1C1COc2ccc(C(O)C(=O)NS(=O)CCOC)cc2N(CC2CCC2C(/C=C/CCN(C)C(C)=O)OC)C1. The topological polar surface area (TPSA) is 118 Å². The number of carbonyl (C=O) groups excluding carboxylic acids is 2. The van der Waals surface area contributed by atoms with Gasteiger partial charge in [0.05, 0.1) is 30.8 Å². The van der Waals surface area contributed by atoms with E-state index in [2.05, 4.69) is 40.8 Å². The minimum Gasteiger partial charge on any atom is -0.491 e. The second-order valence-corrected chi connectivity index (χ2v) is 14.7. The van der Waals surface area contributed by atoms with Crippen LogP contribution in [0.4, 0.5) is 5.69 Å². The fraction of sp³-hybridized carbons (Fsp3) is 0.568. The molecule has 0 saturated heterocycles. The first-order valence-corrected chi connectivity index (χ1v) is 18.8. The van der Waals surface area contributed by atoms with Crippen molar-refractivity contribution in [1.29, 1.82) is 0 Å². The van der Waals surface area contributed by atoms with E-state index in [1.54, 1.807) is 32.0 Å². The molecule has 1 aliphatic heterocycles. The zero-order chi connectivity index (χ0) is 35.5. The molecular formula is C37H52ClN3O7S. The van der Waals surface area contributed by atoms with E-state index in [1.807, 2.05) is 18.2 Å². The standard InChI is InChI=1S/C37H52ClN3O7S/c1-6-9-26-20-30(38)13-15-31(26)29-23-41(22-28-11-14-32(28)34(47-5)10-7-8-17-40(3)25(2)42)33-21-27(12-16-35(33)48-24-29)36(43)37(44)39-49(45)19-18-46-4/h7,10,12-13,15-16,20-21,28-29,32,34,36,43H,6,8-9,11,14,17-19,22-24H2,1-5H3,(H,39,44)/b10-7+. The highest BCUT2D eigenvalue weighted by atomic mass is 35.5. The van der Waals surface area contributed by atoms with Crippen LogP contribution in [0.3, 0.4) is 0 Å². The fourth-order valence-corrected chi connectivity index (χ4v) is 7.57. The lowest BCUT2D eigenvalue weighted by Crippen LogP contribution is -2.44. The van der Waals surface area contributed by atoms with E-state index in [1.165, 1.54) is 18.2 Å². The number of hydrogen-bond acceptors (Lipinski definition) is 8.